The first kappa shape index (κ1) is 36.5. The number of anilines is 1. The predicted molar refractivity (Wildman–Crippen MR) is 189 cm³/mol. The van der Waals surface area contributed by atoms with E-state index in [1.165, 1.54) is 19.4 Å². The number of rotatable bonds is 13. The van der Waals surface area contributed by atoms with E-state index in [2.05, 4.69) is 5.32 Å². The molecule has 52 heavy (non-hydrogen) atoms. The van der Waals surface area contributed by atoms with Crippen LogP contribution in [0.4, 0.5) is 14.5 Å². The Kier molecular flexibility index (Phi) is 11.2. The zero-order valence-electron chi connectivity index (χ0n) is 29.3. The molecule has 1 N–H and O–H groups in total. The minimum absolute atomic E-state index is 0.0138. The van der Waals surface area contributed by atoms with Crippen LogP contribution in [0.2, 0.25) is 0 Å². The number of fused-ring (bicyclic) bond motifs is 1. The monoisotopic (exact) mass is 717 g/mol. The number of nitrogens with zero attached hydrogens (tertiary/aromatic N) is 2. The molecule has 2 fully saturated rings. The maximum Gasteiger partial charge on any atom is 0.346 e. The van der Waals surface area contributed by atoms with E-state index < -0.39 is 47.7 Å². The second kappa shape index (κ2) is 15.9. The standard InChI is InChI=1S/C39H41F2N3O8/c1-23-20-43(16-15-42-23)35-32(41)19-29-34(37(35)49-3)44(27-12-13-27)21-30(36(29)46)39(48)52-22-51-33(45)10-7-17-50-38(47)24(2)26-11-14-28(31(40)18-26)25-8-5-4-6-9-25/h4-6,8-9,11,14,18-19,21,23-24,27,42H,7,10,12-13,15-17,20,22H2,1-3H3. The molecule has 0 amide bonds. The van der Waals surface area contributed by atoms with E-state index in [0.717, 1.165) is 24.5 Å². The number of hydrogen-bond acceptors (Lipinski definition) is 10. The van der Waals surface area contributed by atoms with Crippen molar-refractivity contribution < 1.29 is 42.1 Å². The van der Waals surface area contributed by atoms with Crippen LogP contribution < -0.4 is 20.4 Å². The van der Waals surface area contributed by atoms with Crippen molar-refractivity contribution in [3.8, 4) is 16.9 Å². The van der Waals surface area contributed by atoms with Gasteiger partial charge in [-0.3, -0.25) is 14.4 Å². The number of benzene rings is 3. The normalized spacial score (nSPS) is 16.3. The number of nitrogens with one attached hydrogen (secondary N) is 1. The maximum atomic E-state index is 15.7. The van der Waals surface area contributed by atoms with Crippen molar-refractivity contribution in [1.29, 1.82) is 0 Å². The Labute approximate surface area is 299 Å². The summed E-state index contributed by atoms with van der Waals surface area (Å²) >= 11 is 0. The van der Waals surface area contributed by atoms with E-state index >= 15 is 4.39 Å². The molecule has 1 saturated carbocycles. The van der Waals surface area contributed by atoms with Crippen LogP contribution in [0.3, 0.4) is 0 Å². The summed E-state index contributed by atoms with van der Waals surface area (Å²) in [6.07, 6.45) is 3.00. The number of carbonyl (C=O) groups is 3. The van der Waals surface area contributed by atoms with Gasteiger partial charge in [-0.1, -0.05) is 42.5 Å². The molecule has 0 spiro atoms. The van der Waals surface area contributed by atoms with E-state index in [1.54, 1.807) is 35.8 Å². The van der Waals surface area contributed by atoms with Crippen LogP contribution in [0.25, 0.3) is 22.0 Å². The maximum absolute atomic E-state index is 15.7. The summed E-state index contributed by atoms with van der Waals surface area (Å²) in [5.74, 6) is -3.91. The molecule has 2 atom stereocenters. The zero-order valence-corrected chi connectivity index (χ0v) is 29.3. The molecule has 2 heterocycles. The number of pyridine rings is 1. The number of carbonyl (C=O) groups excluding carboxylic acids is 3. The highest BCUT2D eigenvalue weighted by molar-refractivity contribution is 5.98. The first-order chi connectivity index (χ1) is 25.1. The molecule has 274 valence electrons. The van der Waals surface area contributed by atoms with Gasteiger partial charge in [0.2, 0.25) is 12.2 Å². The third kappa shape index (κ3) is 7.94. The quantitative estimate of drug-likeness (QED) is 0.102. The average molecular weight is 718 g/mol. The van der Waals surface area contributed by atoms with Crippen LogP contribution in [0, 0.1) is 11.6 Å². The highest BCUT2D eigenvalue weighted by atomic mass is 19.1. The van der Waals surface area contributed by atoms with E-state index in [9.17, 15) is 23.6 Å². The summed E-state index contributed by atoms with van der Waals surface area (Å²) in [6, 6.07) is 14.9. The van der Waals surface area contributed by atoms with Gasteiger partial charge in [0.25, 0.3) is 0 Å². The number of esters is 3. The lowest BCUT2D eigenvalue weighted by Gasteiger charge is -2.35. The van der Waals surface area contributed by atoms with Crippen molar-refractivity contribution in [2.24, 2.45) is 0 Å². The van der Waals surface area contributed by atoms with Crippen molar-refractivity contribution in [1.82, 2.24) is 9.88 Å². The topological polar surface area (TPSA) is 125 Å². The lowest BCUT2D eigenvalue weighted by Crippen LogP contribution is -2.49. The van der Waals surface area contributed by atoms with E-state index in [0.29, 0.717) is 36.3 Å². The Hall–Kier alpha value is -5.30. The summed E-state index contributed by atoms with van der Waals surface area (Å²) in [5.41, 5.74) is 1.23. The Morgan fingerprint density at radius 3 is 2.46 bits per heavy atom. The molecule has 4 aromatic rings. The van der Waals surface area contributed by atoms with Gasteiger partial charge >= 0.3 is 17.9 Å². The summed E-state index contributed by atoms with van der Waals surface area (Å²) in [4.78, 5) is 53.4. The van der Waals surface area contributed by atoms with Crippen LogP contribution in [0.1, 0.15) is 67.4 Å². The largest absolute Gasteiger partial charge is 0.492 e. The Morgan fingerprint density at radius 1 is 1.00 bits per heavy atom. The first-order valence-electron chi connectivity index (χ1n) is 17.3. The molecular weight excluding hydrogens is 676 g/mol. The van der Waals surface area contributed by atoms with Crippen LogP contribution in [-0.2, 0) is 23.8 Å². The summed E-state index contributed by atoms with van der Waals surface area (Å²) in [5, 5.41) is 3.31. The smallest absolute Gasteiger partial charge is 0.346 e. The Bertz CT molecular complexity index is 2030. The molecule has 1 aliphatic heterocycles. The number of aromatic nitrogens is 1. The van der Waals surface area contributed by atoms with Gasteiger partial charge in [-0.15, -0.1) is 0 Å². The molecule has 0 bridgehead atoms. The number of ether oxygens (including phenoxy) is 4. The second-order valence-electron chi connectivity index (χ2n) is 13.1. The number of methoxy groups -OCH3 is 1. The SMILES string of the molecule is COc1c(N2CCNC(C)C2)c(F)cc2c(=O)c(C(=O)OCOC(=O)CCCOC(=O)C(C)c3ccc(-c4ccccc4)c(F)c3)cn(C3CC3)c12. The molecule has 6 rings (SSSR count). The second-order valence-corrected chi connectivity index (χ2v) is 13.1. The molecule has 11 nitrogen and oxygen atoms in total. The molecule has 2 unspecified atom stereocenters. The van der Waals surface area contributed by atoms with Gasteiger partial charge < -0.3 is 33.7 Å². The molecule has 1 aromatic heterocycles. The minimum atomic E-state index is -1.02. The van der Waals surface area contributed by atoms with Gasteiger partial charge in [0, 0.05) is 49.9 Å². The zero-order chi connectivity index (χ0) is 36.9. The third-order valence-corrected chi connectivity index (χ3v) is 9.36. The van der Waals surface area contributed by atoms with Gasteiger partial charge in [0.15, 0.2) is 11.6 Å². The first-order valence-corrected chi connectivity index (χ1v) is 17.3. The fourth-order valence-electron chi connectivity index (χ4n) is 6.45. The predicted octanol–water partition coefficient (Wildman–Crippen LogP) is 5.87. The fourth-order valence-corrected chi connectivity index (χ4v) is 6.45. The van der Waals surface area contributed by atoms with E-state index in [-0.39, 0.29) is 53.9 Å². The molecule has 1 aliphatic carbocycles. The van der Waals surface area contributed by atoms with Crippen LogP contribution >= 0.6 is 0 Å². The molecular formula is C39H41F2N3O8. The van der Waals surface area contributed by atoms with Gasteiger partial charge in [-0.25, -0.2) is 13.6 Å². The Balaban J connectivity index is 1.02. The van der Waals surface area contributed by atoms with Crippen molar-refractivity contribution in [2.75, 3.05) is 45.0 Å². The van der Waals surface area contributed by atoms with Gasteiger partial charge in [0.05, 0.1) is 30.5 Å². The van der Waals surface area contributed by atoms with Crippen LogP contribution in [0.15, 0.2) is 65.6 Å². The van der Waals surface area contributed by atoms with Crippen molar-refractivity contribution >= 4 is 34.5 Å². The molecule has 13 heteroatoms. The van der Waals surface area contributed by atoms with Crippen molar-refractivity contribution in [2.45, 2.75) is 57.5 Å². The highest BCUT2D eigenvalue weighted by Gasteiger charge is 2.32. The summed E-state index contributed by atoms with van der Waals surface area (Å²) in [7, 11) is 1.43. The number of piperazine rings is 1. The average Bonchev–Trinajstić information content (AvgIpc) is 3.99. The lowest BCUT2D eigenvalue weighted by atomic mass is 9.97. The van der Waals surface area contributed by atoms with Crippen LogP contribution in [0.5, 0.6) is 5.75 Å². The van der Waals surface area contributed by atoms with Gasteiger partial charge in [0.1, 0.15) is 17.1 Å². The van der Waals surface area contributed by atoms with Gasteiger partial charge in [-0.05, 0) is 56.4 Å². The molecule has 1 saturated heterocycles. The number of hydrogen-bond donors (Lipinski definition) is 1. The molecule has 2 aliphatic rings. The van der Waals surface area contributed by atoms with Gasteiger partial charge in [-0.2, -0.15) is 0 Å². The Morgan fingerprint density at radius 2 is 1.77 bits per heavy atom. The summed E-state index contributed by atoms with van der Waals surface area (Å²) < 4.78 is 53.4. The highest BCUT2D eigenvalue weighted by Crippen LogP contribution is 2.44. The van der Waals surface area contributed by atoms with Crippen LogP contribution in [-0.4, -0.2) is 68.7 Å². The fraction of sp³-hybridized carbons (Fsp3) is 0.385. The van der Waals surface area contributed by atoms with Crippen molar-refractivity contribution in [3.05, 3.63) is 93.8 Å². The van der Waals surface area contributed by atoms with E-state index in [4.69, 9.17) is 18.9 Å². The van der Waals surface area contributed by atoms with Crippen molar-refractivity contribution in [3.63, 3.8) is 0 Å². The molecule has 0 radical (unpaired) electrons. The minimum Gasteiger partial charge on any atom is -0.492 e. The third-order valence-electron chi connectivity index (χ3n) is 9.36. The van der Waals surface area contributed by atoms with E-state index in [1.807, 2.05) is 30.0 Å². The number of halogens is 2. The summed E-state index contributed by atoms with van der Waals surface area (Å²) in [6.45, 7) is 4.53. The lowest BCUT2D eigenvalue weighted by molar-refractivity contribution is -0.154. The molecule has 3 aromatic carbocycles.